The number of nitro benzene ring substituents is 2. The van der Waals surface area contributed by atoms with Gasteiger partial charge in [0.15, 0.2) is 5.96 Å². The Balaban J connectivity index is 1.20. The van der Waals surface area contributed by atoms with Gasteiger partial charge in [0.25, 0.3) is 11.4 Å². The summed E-state index contributed by atoms with van der Waals surface area (Å²) in [4.78, 5) is 150. The van der Waals surface area contributed by atoms with E-state index in [4.69, 9.17) is 31.1 Å². The summed E-state index contributed by atoms with van der Waals surface area (Å²) in [5.41, 5.74) is 15.8. The molecule has 1 aromatic heterocycles. The molecule has 1 aliphatic rings. The first-order valence-electron chi connectivity index (χ1n) is 28.3. The van der Waals surface area contributed by atoms with E-state index in [0.29, 0.717) is 40.5 Å². The number of aliphatic imine (C=N–C) groups is 1. The minimum absolute atomic E-state index is 0.00335. The van der Waals surface area contributed by atoms with Crippen LogP contribution in [-0.4, -0.2) is 138 Å². The lowest BCUT2D eigenvalue weighted by Gasteiger charge is -2.27. The van der Waals surface area contributed by atoms with Gasteiger partial charge in [-0.25, -0.2) is 4.79 Å². The second kappa shape index (κ2) is 32.2. The van der Waals surface area contributed by atoms with Crippen molar-refractivity contribution in [1.82, 2.24) is 36.8 Å². The molecule has 2 heterocycles. The van der Waals surface area contributed by atoms with Crippen LogP contribution in [0.15, 0.2) is 111 Å². The standard InChI is InChI=1S/C59H72N14O16/c1-33(2)24-44(69-58(82)47-13-9-23-71(47)51(75)26-37-27-52(76)89-49-29-40(87-4)19-20-41(37)49)55(79)65-31-50(74)67-45(25-35-14-17-39(18-15-35)88-32-36-10-6-5-7-11-36)56(80)70-46(30-64-42-21-16-38(72(83)84)28-48(42)73(85)86)57(81)66-34(3)54(78)68-43(53(60)77)12-8-22-63-59(61)62/h5-7,10-11,14-21,27-29,33-34,43-47,64H,8-9,12-13,22-26,30-32H2,1-4H3,(H2,60,77)(H,65,79)(H,66,81)(H,67,74)(H,68,78)(H,69,82)(H,70,80)(H4,61,62,63)/t34-,43+,44-,45-,46+,47+/m1/s1. The fourth-order valence-corrected chi connectivity index (χ4v) is 9.59. The molecule has 0 saturated carbocycles. The summed E-state index contributed by atoms with van der Waals surface area (Å²) in [6.45, 7) is 3.99. The lowest BCUT2D eigenvalue weighted by atomic mass is 10.0. The molecule has 0 aliphatic carbocycles. The zero-order valence-corrected chi connectivity index (χ0v) is 49.3. The van der Waals surface area contributed by atoms with Crippen molar-refractivity contribution in [2.45, 2.75) is 109 Å². The number of likely N-dealkylation sites (tertiary alicyclic amines) is 1. The number of non-ortho nitro benzene ring substituents is 1. The van der Waals surface area contributed by atoms with Crippen molar-refractivity contribution in [3.05, 3.63) is 144 Å². The molecule has 1 saturated heterocycles. The SMILES string of the molecule is COc1ccc2c(CC(=O)N3CCC[C@H]3C(=O)N[C@H](CC(C)C)C(=O)NCC(=O)N[C@H](Cc3ccc(OCc4ccccc4)cc3)C(=O)N[C@@H](CNc3ccc([N+](=O)[O-])cc3[N+](=O)[O-])C(=O)N[C@H](C)C(=O)N[C@@H](CCCN=C(N)N)C(N)=O)cc(=O)oc2c1. The summed E-state index contributed by atoms with van der Waals surface area (Å²) in [6.07, 6.45) is 0.545. The molecule has 6 atom stereocenters. The van der Waals surface area contributed by atoms with Gasteiger partial charge in [-0.15, -0.1) is 0 Å². The van der Waals surface area contributed by atoms with Crippen molar-refractivity contribution >= 4 is 81.2 Å². The summed E-state index contributed by atoms with van der Waals surface area (Å²) in [5.74, 6) is -6.17. The van der Waals surface area contributed by atoms with Gasteiger partial charge in [-0.05, 0) is 92.0 Å². The first-order valence-corrected chi connectivity index (χ1v) is 28.3. The van der Waals surface area contributed by atoms with Crippen LogP contribution in [-0.2, 0) is 57.8 Å². The lowest BCUT2D eigenvalue weighted by Crippen LogP contribution is -2.59. The van der Waals surface area contributed by atoms with Crippen LogP contribution in [0.1, 0.15) is 69.6 Å². The third-order valence-corrected chi connectivity index (χ3v) is 14.2. The van der Waals surface area contributed by atoms with Gasteiger partial charge >= 0.3 is 5.63 Å². The minimum Gasteiger partial charge on any atom is -0.497 e. The van der Waals surface area contributed by atoms with Crippen molar-refractivity contribution in [2.24, 2.45) is 28.1 Å². The number of nitrogens with zero attached hydrogens (tertiary/aromatic N) is 4. The summed E-state index contributed by atoms with van der Waals surface area (Å²) >= 11 is 0. The van der Waals surface area contributed by atoms with Gasteiger partial charge in [0.2, 0.25) is 47.3 Å². The number of anilines is 1. The number of carbonyl (C=O) groups is 8. The summed E-state index contributed by atoms with van der Waals surface area (Å²) in [7, 11) is 1.45. The van der Waals surface area contributed by atoms with Crippen molar-refractivity contribution in [3.8, 4) is 11.5 Å². The highest BCUT2D eigenvalue weighted by molar-refractivity contribution is 5.98. The minimum atomic E-state index is -1.75. The number of primary amides is 1. The maximum Gasteiger partial charge on any atom is 0.336 e. The van der Waals surface area contributed by atoms with E-state index in [1.54, 1.807) is 50.2 Å². The Morgan fingerprint density at radius 1 is 0.753 bits per heavy atom. The van der Waals surface area contributed by atoms with E-state index in [-0.39, 0.29) is 81.4 Å². The molecule has 0 spiro atoms. The number of benzene rings is 4. The highest BCUT2D eigenvalue weighted by Gasteiger charge is 2.37. The van der Waals surface area contributed by atoms with Gasteiger partial charge in [0.05, 0.1) is 36.0 Å². The van der Waals surface area contributed by atoms with Gasteiger partial charge in [0.1, 0.15) is 65.6 Å². The number of fused-ring (bicyclic) bond motifs is 1. The van der Waals surface area contributed by atoms with Crippen LogP contribution in [0.25, 0.3) is 11.0 Å². The van der Waals surface area contributed by atoms with Crippen LogP contribution in [0, 0.1) is 26.1 Å². The first-order chi connectivity index (χ1) is 42.4. The van der Waals surface area contributed by atoms with Crippen LogP contribution < -0.4 is 69.5 Å². The molecule has 30 nitrogen and oxygen atoms in total. The Morgan fingerprint density at radius 3 is 2.11 bits per heavy atom. The molecule has 1 fully saturated rings. The number of hydrogen-bond acceptors (Lipinski definition) is 18. The predicted molar refractivity (Wildman–Crippen MR) is 324 cm³/mol. The van der Waals surface area contributed by atoms with Crippen LogP contribution in [0.4, 0.5) is 17.1 Å². The number of nitrogens with two attached hydrogens (primary N) is 3. The van der Waals surface area contributed by atoms with E-state index in [0.717, 1.165) is 17.7 Å². The van der Waals surface area contributed by atoms with Gasteiger partial charge in [0, 0.05) is 49.6 Å². The van der Waals surface area contributed by atoms with Crippen LogP contribution in [0.2, 0.25) is 0 Å². The van der Waals surface area contributed by atoms with E-state index >= 15 is 0 Å². The fourth-order valence-electron chi connectivity index (χ4n) is 9.59. The monoisotopic (exact) mass is 1230 g/mol. The highest BCUT2D eigenvalue weighted by atomic mass is 16.6. The van der Waals surface area contributed by atoms with Crippen LogP contribution in [0.3, 0.4) is 0 Å². The Morgan fingerprint density at radius 2 is 1.45 bits per heavy atom. The summed E-state index contributed by atoms with van der Waals surface area (Å²) in [5, 5.41) is 42.1. The van der Waals surface area contributed by atoms with Crippen molar-refractivity contribution in [3.63, 3.8) is 0 Å². The van der Waals surface area contributed by atoms with E-state index in [1.165, 1.54) is 31.1 Å². The molecular weight excluding hydrogens is 1160 g/mol. The Hall–Kier alpha value is -10.7. The third kappa shape index (κ3) is 20.2. The summed E-state index contributed by atoms with van der Waals surface area (Å²) < 4.78 is 16.5. The van der Waals surface area contributed by atoms with E-state index in [2.05, 4.69) is 42.2 Å². The van der Waals surface area contributed by atoms with Crippen molar-refractivity contribution in [2.75, 3.05) is 38.6 Å². The smallest absolute Gasteiger partial charge is 0.336 e. The second-order valence-corrected chi connectivity index (χ2v) is 21.3. The molecule has 5 aromatic rings. The van der Waals surface area contributed by atoms with E-state index in [1.807, 2.05) is 30.3 Å². The van der Waals surface area contributed by atoms with Crippen LogP contribution in [0.5, 0.6) is 11.5 Å². The van der Waals surface area contributed by atoms with E-state index < -0.39 is 123 Å². The number of nitrogens with one attached hydrogen (secondary N) is 7. The molecule has 13 N–H and O–H groups in total. The number of rotatable bonds is 32. The number of guanidine groups is 1. The summed E-state index contributed by atoms with van der Waals surface area (Å²) in [6, 6.07) is 16.3. The average molecular weight is 1230 g/mol. The van der Waals surface area contributed by atoms with Gasteiger partial charge < -0.3 is 73.2 Å². The molecule has 0 bridgehead atoms. The number of nitro groups is 2. The molecule has 0 radical (unpaired) electrons. The molecule has 1 aliphatic heterocycles. The number of methoxy groups -OCH3 is 1. The van der Waals surface area contributed by atoms with Gasteiger partial charge in [-0.1, -0.05) is 56.3 Å². The predicted octanol–water partition coefficient (Wildman–Crippen LogP) is 1.23. The molecule has 30 heteroatoms. The van der Waals surface area contributed by atoms with Crippen molar-refractivity contribution in [1.29, 1.82) is 0 Å². The first kappa shape index (κ1) is 67.4. The fraction of sp³-hybridized carbons (Fsp3) is 0.390. The number of amides is 8. The Bertz CT molecular complexity index is 3490. The van der Waals surface area contributed by atoms with Crippen molar-refractivity contribution < 1.29 is 62.1 Å². The number of carbonyl (C=O) groups excluding carboxylic acids is 8. The van der Waals surface area contributed by atoms with Gasteiger partial charge in [-0.2, -0.15) is 0 Å². The highest BCUT2D eigenvalue weighted by Crippen LogP contribution is 2.30. The van der Waals surface area contributed by atoms with Crippen LogP contribution >= 0.6 is 0 Å². The molecule has 4 aromatic carbocycles. The molecule has 0 unspecified atom stereocenters. The zero-order chi connectivity index (χ0) is 64.9. The zero-order valence-electron chi connectivity index (χ0n) is 49.3. The van der Waals surface area contributed by atoms with Gasteiger partial charge in [-0.3, -0.25) is 63.6 Å². The Labute approximate surface area is 509 Å². The molecular formula is C59H72N14O16. The number of hydrogen-bond donors (Lipinski definition) is 10. The lowest BCUT2D eigenvalue weighted by molar-refractivity contribution is -0.393. The van der Waals surface area contributed by atoms with E-state index in [9.17, 15) is 63.4 Å². The molecule has 8 amide bonds. The maximum absolute atomic E-state index is 14.6. The average Bonchev–Trinajstić information content (AvgIpc) is 4.26. The third-order valence-electron chi connectivity index (χ3n) is 14.2. The molecule has 474 valence electrons. The number of ether oxygens (including phenoxy) is 2. The largest absolute Gasteiger partial charge is 0.497 e. The quantitative estimate of drug-likeness (QED) is 0.00723. The normalized spacial score (nSPS) is 14.3. The maximum atomic E-state index is 14.6. The Kier molecular flexibility index (Phi) is 24.4. The second-order valence-electron chi connectivity index (χ2n) is 21.3. The topological polar surface area (TPSA) is 449 Å². The molecule has 89 heavy (non-hydrogen) atoms. The molecule has 6 rings (SSSR count).